The summed E-state index contributed by atoms with van der Waals surface area (Å²) in [5, 5.41) is 21.2. The van der Waals surface area contributed by atoms with E-state index in [1.807, 2.05) is 6.92 Å². The van der Waals surface area contributed by atoms with Crippen LogP contribution >= 0.6 is 0 Å². The molecule has 0 aliphatic heterocycles. The zero-order valence-electron chi connectivity index (χ0n) is 8.87. The number of aliphatic hydroxyl groups excluding tert-OH is 1. The normalized spacial score (nSPS) is 29.5. The highest BCUT2D eigenvalue weighted by atomic mass is 16.3. The van der Waals surface area contributed by atoms with Gasteiger partial charge in [-0.15, -0.1) is 0 Å². The zero-order valence-corrected chi connectivity index (χ0v) is 8.87. The number of aliphatic hydroxyl groups is 1. The molecule has 2 N–H and O–H groups in total. The summed E-state index contributed by atoms with van der Waals surface area (Å²) in [5.41, 5.74) is 0. The first-order valence-corrected chi connectivity index (χ1v) is 5.50. The van der Waals surface area contributed by atoms with Crippen LogP contribution in [0.1, 0.15) is 32.6 Å². The van der Waals surface area contributed by atoms with Crippen molar-refractivity contribution in [3.05, 3.63) is 0 Å². The predicted octanol–water partition coefficient (Wildman–Crippen LogP) is 1.29. The molecule has 1 unspecified atom stereocenters. The van der Waals surface area contributed by atoms with Gasteiger partial charge in [-0.1, -0.05) is 0 Å². The summed E-state index contributed by atoms with van der Waals surface area (Å²) in [6, 6.07) is 2.21. The Balaban J connectivity index is 2.05. The number of hydrogen-bond donors (Lipinski definition) is 2. The molecule has 0 radical (unpaired) electrons. The summed E-state index contributed by atoms with van der Waals surface area (Å²) >= 11 is 0. The first-order chi connectivity index (χ1) is 6.72. The second-order valence-corrected chi connectivity index (χ2v) is 4.36. The topological polar surface area (TPSA) is 56.0 Å². The Kier molecular flexibility index (Phi) is 4.92. The van der Waals surface area contributed by atoms with E-state index in [1.54, 1.807) is 0 Å². The maximum Gasteiger partial charge on any atom is 0.0666 e. The van der Waals surface area contributed by atoms with Gasteiger partial charge in [0.25, 0.3) is 0 Å². The third-order valence-corrected chi connectivity index (χ3v) is 2.92. The van der Waals surface area contributed by atoms with Crippen LogP contribution in [0.15, 0.2) is 0 Å². The third-order valence-electron chi connectivity index (χ3n) is 2.92. The smallest absolute Gasteiger partial charge is 0.0666 e. The molecule has 3 nitrogen and oxygen atoms in total. The predicted molar refractivity (Wildman–Crippen MR) is 55.6 cm³/mol. The highest BCUT2D eigenvalue weighted by molar-refractivity contribution is 4.81. The number of rotatable bonds is 4. The SMILES string of the molecule is CC(C#N)CNCC1CCC(O)CC1. The first-order valence-electron chi connectivity index (χ1n) is 5.50. The molecule has 0 heterocycles. The molecule has 1 atom stereocenters. The summed E-state index contributed by atoms with van der Waals surface area (Å²) in [7, 11) is 0. The fourth-order valence-corrected chi connectivity index (χ4v) is 1.90. The monoisotopic (exact) mass is 196 g/mol. The van der Waals surface area contributed by atoms with Gasteiger partial charge in [0.1, 0.15) is 0 Å². The highest BCUT2D eigenvalue weighted by Gasteiger charge is 2.18. The molecule has 0 aromatic rings. The lowest BCUT2D eigenvalue weighted by molar-refractivity contribution is 0.108. The number of nitrogens with zero attached hydrogens (tertiary/aromatic N) is 1. The summed E-state index contributed by atoms with van der Waals surface area (Å²) in [4.78, 5) is 0. The van der Waals surface area contributed by atoms with Crippen LogP contribution in [0.3, 0.4) is 0 Å². The van der Waals surface area contributed by atoms with Gasteiger partial charge in [-0.25, -0.2) is 0 Å². The van der Waals surface area contributed by atoms with Crippen molar-refractivity contribution < 1.29 is 5.11 Å². The average molecular weight is 196 g/mol. The minimum atomic E-state index is -0.0655. The standard InChI is InChI=1S/C11H20N2O/c1-9(6-12)7-13-8-10-2-4-11(14)5-3-10/h9-11,13-14H,2-5,7-8H2,1H3. The van der Waals surface area contributed by atoms with Gasteiger partial charge in [-0.2, -0.15) is 5.26 Å². The van der Waals surface area contributed by atoms with Gasteiger partial charge in [0.15, 0.2) is 0 Å². The van der Waals surface area contributed by atoms with Gasteiger partial charge in [0.05, 0.1) is 18.1 Å². The molecular weight excluding hydrogens is 176 g/mol. The van der Waals surface area contributed by atoms with Crippen molar-refractivity contribution in [3.8, 4) is 6.07 Å². The third kappa shape index (κ3) is 4.08. The van der Waals surface area contributed by atoms with Crippen LogP contribution in [0.5, 0.6) is 0 Å². The Morgan fingerprint density at radius 1 is 1.43 bits per heavy atom. The zero-order chi connectivity index (χ0) is 10.4. The molecule has 1 rings (SSSR count). The summed E-state index contributed by atoms with van der Waals surface area (Å²) < 4.78 is 0. The number of nitriles is 1. The molecule has 1 aliphatic carbocycles. The lowest BCUT2D eigenvalue weighted by Crippen LogP contribution is -2.30. The molecule has 0 saturated heterocycles. The fraction of sp³-hybridized carbons (Fsp3) is 0.909. The minimum Gasteiger partial charge on any atom is -0.393 e. The quantitative estimate of drug-likeness (QED) is 0.712. The van der Waals surface area contributed by atoms with E-state index < -0.39 is 0 Å². The van der Waals surface area contributed by atoms with Crippen LogP contribution in [0.4, 0.5) is 0 Å². The molecular formula is C11H20N2O. The second kappa shape index (κ2) is 6.00. The molecule has 0 aromatic heterocycles. The van der Waals surface area contributed by atoms with Gasteiger partial charge in [0.2, 0.25) is 0 Å². The summed E-state index contributed by atoms with van der Waals surface area (Å²) in [5.74, 6) is 0.800. The molecule has 80 valence electrons. The Labute approximate surface area is 86.1 Å². The molecule has 1 fully saturated rings. The summed E-state index contributed by atoms with van der Waals surface area (Å²) in [6.45, 7) is 3.71. The van der Waals surface area contributed by atoms with Crippen LogP contribution in [-0.2, 0) is 0 Å². The van der Waals surface area contributed by atoms with E-state index in [9.17, 15) is 5.11 Å². The number of nitrogens with one attached hydrogen (secondary N) is 1. The van der Waals surface area contributed by atoms with E-state index in [1.165, 1.54) is 0 Å². The van der Waals surface area contributed by atoms with E-state index in [0.29, 0.717) is 5.92 Å². The van der Waals surface area contributed by atoms with Crippen molar-refractivity contribution in [3.63, 3.8) is 0 Å². The van der Waals surface area contributed by atoms with Crippen molar-refractivity contribution in [2.45, 2.75) is 38.7 Å². The minimum absolute atomic E-state index is 0.0655. The van der Waals surface area contributed by atoms with Gasteiger partial charge < -0.3 is 10.4 Å². The lowest BCUT2D eigenvalue weighted by atomic mass is 9.87. The Bertz CT molecular complexity index is 192. The van der Waals surface area contributed by atoms with E-state index in [0.717, 1.165) is 38.8 Å². The Morgan fingerprint density at radius 2 is 2.07 bits per heavy atom. The molecule has 0 aromatic carbocycles. The highest BCUT2D eigenvalue weighted by Crippen LogP contribution is 2.23. The molecule has 1 aliphatic rings. The Hall–Kier alpha value is -0.590. The summed E-state index contributed by atoms with van der Waals surface area (Å²) in [6.07, 6.45) is 4.06. The number of hydrogen-bond acceptors (Lipinski definition) is 3. The molecule has 3 heteroatoms. The van der Waals surface area contributed by atoms with Crippen LogP contribution < -0.4 is 5.32 Å². The molecule has 0 amide bonds. The molecule has 0 spiro atoms. The first kappa shape index (κ1) is 11.5. The van der Waals surface area contributed by atoms with Crippen molar-refractivity contribution in [1.82, 2.24) is 5.32 Å². The molecule has 0 bridgehead atoms. The molecule has 1 saturated carbocycles. The van der Waals surface area contributed by atoms with Crippen LogP contribution in [0.2, 0.25) is 0 Å². The maximum atomic E-state index is 9.32. The van der Waals surface area contributed by atoms with E-state index in [4.69, 9.17) is 5.26 Å². The van der Waals surface area contributed by atoms with Crippen LogP contribution in [0, 0.1) is 23.2 Å². The van der Waals surface area contributed by atoms with E-state index in [2.05, 4.69) is 11.4 Å². The fourth-order valence-electron chi connectivity index (χ4n) is 1.90. The average Bonchev–Trinajstić information content (AvgIpc) is 2.21. The van der Waals surface area contributed by atoms with Gasteiger partial charge in [0, 0.05) is 6.54 Å². The van der Waals surface area contributed by atoms with Crippen molar-refractivity contribution in [2.24, 2.45) is 11.8 Å². The van der Waals surface area contributed by atoms with Gasteiger partial charge in [-0.3, -0.25) is 0 Å². The van der Waals surface area contributed by atoms with Crippen molar-refractivity contribution in [1.29, 1.82) is 5.26 Å². The van der Waals surface area contributed by atoms with Crippen molar-refractivity contribution >= 4 is 0 Å². The van der Waals surface area contributed by atoms with Gasteiger partial charge >= 0.3 is 0 Å². The van der Waals surface area contributed by atoms with E-state index in [-0.39, 0.29) is 12.0 Å². The van der Waals surface area contributed by atoms with E-state index >= 15 is 0 Å². The molecule has 14 heavy (non-hydrogen) atoms. The second-order valence-electron chi connectivity index (χ2n) is 4.36. The lowest BCUT2D eigenvalue weighted by Gasteiger charge is -2.25. The van der Waals surface area contributed by atoms with Crippen molar-refractivity contribution in [2.75, 3.05) is 13.1 Å². The largest absolute Gasteiger partial charge is 0.393 e. The Morgan fingerprint density at radius 3 is 2.64 bits per heavy atom. The maximum absolute atomic E-state index is 9.32. The van der Waals surface area contributed by atoms with Gasteiger partial charge in [-0.05, 0) is 45.1 Å². The van der Waals surface area contributed by atoms with Crippen LogP contribution in [0.25, 0.3) is 0 Å². The van der Waals surface area contributed by atoms with Crippen LogP contribution in [-0.4, -0.2) is 24.3 Å².